The summed E-state index contributed by atoms with van der Waals surface area (Å²) in [7, 11) is 1.96. The molecule has 72 valence electrons. The maximum Gasteiger partial charge on any atom is 0.0814 e. The van der Waals surface area contributed by atoms with Gasteiger partial charge < -0.3 is 4.90 Å². The highest BCUT2D eigenvalue weighted by molar-refractivity contribution is 5.49. The van der Waals surface area contributed by atoms with Crippen LogP contribution in [0.4, 0.5) is 0 Å². The summed E-state index contributed by atoms with van der Waals surface area (Å²) in [5.41, 5.74) is 0. The summed E-state index contributed by atoms with van der Waals surface area (Å²) < 4.78 is 0. The lowest BCUT2D eigenvalue weighted by Crippen LogP contribution is -2.16. The predicted octanol–water partition coefficient (Wildman–Crippen LogP) is 2.89. The Balaban J connectivity index is 2.95. The molecule has 0 aliphatic carbocycles. The molecule has 0 aliphatic rings. The summed E-state index contributed by atoms with van der Waals surface area (Å²) in [5, 5.41) is 6.96. The molecule has 0 atom stereocenters. The SMILES string of the molecule is CCCCCCCCN(C)C=N. The molecule has 0 saturated heterocycles. The molecule has 1 N–H and O–H groups in total. The second-order valence-corrected chi connectivity index (χ2v) is 3.38. The Morgan fingerprint density at radius 3 is 2.25 bits per heavy atom. The van der Waals surface area contributed by atoms with Gasteiger partial charge in [-0.2, -0.15) is 0 Å². The minimum atomic E-state index is 1.04. The van der Waals surface area contributed by atoms with Gasteiger partial charge in [0.2, 0.25) is 0 Å². The molecule has 0 aromatic heterocycles. The zero-order valence-corrected chi connectivity index (χ0v) is 8.47. The zero-order chi connectivity index (χ0) is 9.23. The summed E-state index contributed by atoms with van der Waals surface area (Å²) in [4.78, 5) is 1.93. The Kier molecular flexibility index (Phi) is 8.19. The van der Waals surface area contributed by atoms with Crippen LogP contribution in [-0.2, 0) is 0 Å². The van der Waals surface area contributed by atoms with Crippen molar-refractivity contribution in [2.75, 3.05) is 13.6 Å². The van der Waals surface area contributed by atoms with E-state index in [1.54, 1.807) is 0 Å². The second kappa shape index (κ2) is 8.57. The lowest BCUT2D eigenvalue weighted by molar-refractivity contribution is 0.475. The van der Waals surface area contributed by atoms with E-state index in [0.717, 1.165) is 6.54 Å². The van der Waals surface area contributed by atoms with Crippen LogP contribution in [0.3, 0.4) is 0 Å². The van der Waals surface area contributed by atoms with E-state index >= 15 is 0 Å². The Morgan fingerprint density at radius 2 is 1.67 bits per heavy atom. The maximum absolute atomic E-state index is 6.96. The number of hydrogen-bond acceptors (Lipinski definition) is 1. The van der Waals surface area contributed by atoms with Crippen molar-refractivity contribution < 1.29 is 0 Å². The summed E-state index contributed by atoms with van der Waals surface area (Å²) in [6.45, 7) is 3.28. The molecule has 0 spiro atoms. The number of nitrogens with zero attached hydrogens (tertiary/aromatic N) is 1. The molecular formula is C10H22N2. The molecule has 0 radical (unpaired) electrons. The number of nitrogens with one attached hydrogen (secondary N) is 1. The second-order valence-electron chi connectivity index (χ2n) is 3.38. The smallest absolute Gasteiger partial charge is 0.0814 e. The first kappa shape index (κ1) is 11.5. The molecular weight excluding hydrogens is 148 g/mol. The first-order valence-corrected chi connectivity index (χ1v) is 5.02. The van der Waals surface area contributed by atoms with E-state index < -0.39 is 0 Å². The molecule has 0 aromatic rings. The lowest BCUT2D eigenvalue weighted by atomic mass is 10.1. The minimum Gasteiger partial charge on any atom is -0.366 e. The van der Waals surface area contributed by atoms with Gasteiger partial charge in [0.15, 0.2) is 0 Å². The first-order chi connectivity index (χ1) is 5.81. The molecule has 2 nitrogen and oxygen atoms in total. The Bertz CT molecular complexity index is 102. The van der Waals surface area contributed by atoms with E-state index in [1.807, 2.05) is 11.9 Å². The molecule has 12 heavy (non-hydrogen) atoms. The molecule has 0 amide bonds. The number of unbranched alkanes of at least 4 members (excludes halogenated alkanes) is 5. The van der Waals surface area contributed by atoms with Crippen LogP contribution in [0.25, 0.3) is 0 Å². The van der Waals surface area contributed by atoms with Gasteiger partial charge in [0.25, 0.3) is 0 Å². The largest absolute Gasteiger partial charge is 0.366 e. The quantitative estimate of drug-likeness (QED) is 0.338. The van der Waals surface area contributed by atoms with Gasteiger partial charge in [0, 0.05) is 13.6 Å². The Hall–Kier alpha value is -0.530. The van der Waals surface area contributed by atoms with E-state index in [-0.39, 0.29) is 0 Å². The summed E-state index contributed by atoms with van der Waals surface area (Å²) in [6.07, 6.45) is 9.38. The highest BCUT2D eigenvalue weighted by Gasteiger charge is 1.92. The van der Waals surface area contributed by atoms with Crippen molar-refractivity contribution in [2.45, 2.75) is 45.4 Å². The van der Waals surface area contributed by atoms with E-state index in [4.69, 9.17) is 5.41 Å². The number of hydrogen-bond donors (Lipinski definition) is 1. The van der Waals surface area contributed by atoms with Gasteiger partial charge in [-0.15, -0.1) is 0 Å². The van der Waals surface area contributed by atoms with Crippen molar-refractivity contribution in [1.29, 1.82) is 5.41 Å². The third kappa shape index (κ3) is 7.58. The van der Waals surface area contributed by atoms with Crippen LogP contribution in [0, 0.1) is 5.41 Å². The fourth-order valence-corrected chi connectivity index (χ4v) is 1.21. The predicted molar refractivity (Wildman–Crippen MR) is 54.8 cm³/mol. The van der Waals surface area contributed by atoms with Gasteiger partial charge >= 0.3 is 0 Å². The van der Waals surface area contributed by atoms with Gasteiger partial charge in [0.1, 0.15) is 0 Å². The average Bonchev–Trinajstić information content (AvgIpc) is 2.10. The highest BCUT2D eigenvalue weighted by Crippen LogP contribution is 2.04. The van der Waals surface area contributed by atoms with Gasteiger partial charge in [-0.3, -0.25) is 5.41 Å². The molecule has 0 heterocycles. The number of rotatable bonds is 8. The molecule has 0 saturated carbocycles. The monoisotopic (exact) mass is 170 g/mol. The van der Waals surface area contributed by atoms with Crippen molar-refractivity contribution in [2.24, 2.45) is 0 Å². The van der Waals surface area contributed by atoms with Crippen LogP contribution in [-0.4, -0.2) is 24.8 Å². The van der Waals surface area contributed by atoms with E-state index in [1.165, 1.54) is 44.9 Å². The molecule has 0 fully saturated rings. The third-order valence-electron chi connectivity index (χ3n) is 2.08. The van der Waals surface area contributed by atoms with E-state index in [9.17, 15) is 0 Å². The third-order valence-corrected chi connectivity index (χ3v) is 2.08. The highest BCUT2D eigenvalue weighted by atomic mass is 15.1. The van der Waals surface area contributed by atoms with Crippen molar-refractivity contribution in [3.63, 3.8) is 0 Å². The topological polar surface area (TPSA) is 27.1 Å². The summed E-state index contributed by atoms with van der Waals surface area (Å²) in [5.74, 6) is 0. The lowest BCUT2D eigenvalue weighted by Gasteiger charge is -2.10. The summed E-state index contributed by atoms with van der Waals surface area (Å²) in [6, 6.07) is 0. The van der Waals surface area contributed by atoms with Crippen LogP contribution >= 0.6 is 0 Å². The van der Waals surface area contributed by atoms with Crippen LogP contribution in [0.1, 0.15) is 45.4 Å². The molecule has 2 heteroatoms. The molecule has 0 aromatic carbocycles. The standard InChI is InChI=1S/C10H22N2/c1-3-4-5-6-7-8-9-12(2)10-11/h10-11H,3-9H2,1-2H3. The Morgan fingerprint density at radius 1 is 1.08 bits per heavy atom. The zero-order valence-electron chi connectivity index (χ0n) is 8.47. The van der Waals surface area contributed by atoms with E-state index in [0.29, 0.717) is 0 Å². The normalized spacial score (nSPS) is 9.83. The molecule has 0 bridgehead atoms. The molecule has 0 rings (SSSR count). The van der Waals surface area contributed by atoms with E-state index in [2.05, 4.69) is 6.92 Å². The van der Waals surface area contributed by atoms with Crippen LogP contribution in [0.15, 0.2) is 0 Å². The first-order valence-electron chi connectivity index (χ1n) is 5.02. The van der Waals surface area contributed by atoms with Crippen molar-refractivity contribution >= 4 is 6.34 Å². The van der Waals surface area contributed by atoms with Crippen LogP contribution in [0.5, 0.6) is 0 Å². The molecule has 0 aliphatic heterocycles. The van der Waals surface area contributed by atoms with Crippen LogP contribution in [0.2, 0.25) is 0 Å². The fraction of sp³-hybridized carbons (Fsp3) is 0.900. The van der Waals surface area contributed by atoms with Gasteiger partial charge in [-0.25, -0.2) is 0 Å². The van der Waals surface area contributed by atoms with Crippen LogP contribution < -0.4 is 0 Å². The Labute approximate surface area is 76.5 Å². The minimum absolute atomic E-state index is 1.04. The fourth-order valence-electron chi connectivity index (χ4n) is 1.21. The maximum atomic E-state index is 6.96. The van der Waals surface area contributed by atoms with Crippen molar-refractivity contribution in [3.8, 4) is 0 Å². The van der Waals surface area contributed by atoms with Crippen molar-refractivity contribution in [1.82, 2.24) is 4.90 Å². The van der Waals surface area contributed by atoms with Gasteiger partial charge in [0.05, 0.1) is 6.34 Å². The summed E-state index contributed by atoms with van der Waals surface area (Å²) >= 11 is 0. The average molecular weight is 170 g/mol. The van der Waals surface area contributed by atoms with Gasteiger partial charge in [-0.1, -0.05) is 39.0 Å². The van der Waals surface area contributed by atoms with Gasteiger partial charge in [-0.05, 0) is 6.42 Å². The van der Waals surface area contributed by atoms with Crippen molar-refractivity contribution in [3.05, 3.63) is 0 Å². The molecule has 0 unspecified atom stereocenters.